The van der Waals surface area contributed by atoms with E-state index in [2.05, 4.69) is 5.32 Å². The first-order valence-electron chi connectivity index (χ1n) is 11.8. The van der Waals surface area contributed by atoms with Crippen LogP contribution in [0.2, 0.25) is 10.0 Å². The van der Waals surface area contributed by atoms with Gasteiger partial charge >= 0.3 is 0 Å². The highest BCUT2D eigenvalue weighted by Crippen LogP contribution is 2.36. The highest BCUT2D eigenvalue weighted by atomic mass is 35.5. The molecule has 12 heteroatoms. The minimum atomic E-state index is -3.64. The molecule has 2 aromatic carbocycles. The lowest BCUT2D eigenvalue weighted by Gasteiger charge is -2.30. The molecule has 1 heterocycles. The van der Waals surface area contributed by atoms with E-state index in [0.717, 1.165) is 6.26 Å². The second-order valence-corrected chi connectivity index (χ2v) is 11.8. The highest BCUT2D eigenvalue weighted by Gasteiger charge is 2.28. The average molecular weight is 573 g/mol. The van der Waals surface area contributed by atoms with Gasteiger partial charge in [-0.15, -0.1) is 0 Å². The van der Waals surface area contributed by atoms with Gasteiger partial charge in [-0.3, -0.25) is 13.9 Å². The lowest BCUT2D eigenvalue weighted by Crippen LogP contribution is -2.49. The molecule has 3 rings (SSSR count). The zero-order valence-electron chi connectivity index (χ0n) is 21.2. The number of hydrogen-bond acceptors (Lipinski definition) is 6. The molecule has 1 aliphatic rings. The third-order valence-electron chi connectivity index (χ3n) is 5.78. The van der Waals surface area contributed by atoms with Crippen LogP contribution in [0.5, 0.6) is 11.5 Å². The first-order chi connectivity index (χ1) is 17.4. The molecule has 0 spiro atoms. The summed E-state index contributed by atoms with van der Waals surface area (Å²) >= 11 is 12.7. The number of fused-ring (bicyclic) bond motifs is 1. The average Bonchev–Trinajstić information content (AvgIpc) is 3.28. The lowest BCUT2D eigenvalue weighted by molar-refractivity contribution is -0.140. The Balaban J connectivity index is 1.77. The van der Waals surface area contributed by atoms with E-state index in [9.17, 15) is 18.0 Å². The molecule has 0 radical (unpaired) electrons. The second-order valence-electron chi connectivity index (χ2n) is 9.04. The number of anilines is 1. The van der Waals surface area contributed by atoms with E-state index in [1.165, 1.54) is 9.21 Å². The first kappa shape index (κ1) is 28.9. The maximum Gasteiger partial charge on any atom is 0.242 e. The Morgan fingerprint density at radius 1 is 1.05 bits per heavy atom. The number of amides is 2. The van der Waals surface area contributed by atoms with Crippen LogP contribution < -0.4 is 19.1 Å². The van der Waals surface area contributed by atoms with E-state index in [4.69, 9.17) is 32.7 Å². The zero-order valence-corrected chi connectivity index (χ0v) is 23.5. The monoisotopic (exact) mass is 571 g/mol. The SMILES string of the molecule is CC(C)NC(=O)C(C)N(Cc1c(Cl)cccc1Cl)C(=O)CCCN(c1ccc2c(c1)OCO2)S(C)(=O)=O. The Morgan fingerprint density at radius 2 is 1.70 bits per heavy atom. The van der Waals surface area contributed by atoms with Crippen molar-refractivity contribution in [3.8, 4) is 11.5 Å². The maximum absolute atomic E-state index is 13.4. The van der Waals surface area contributed by atoms with Crippen LogP contribution in [0.1, 0.15) is 39.2 Å². The Labute approximate surface area is 227 Å². The van der Waals surface area contributed by atoms with Crippen LogP contribution in [-0.4, -0.2) is 56.8 Å². The molecule has 2 aromatic rings. The fourth-order valence-corrected chi connectivity index (χ4v) is 5.36. The van der Waals surface area contributed by atoms with Crippen molar-refractivity contribution in [1.29, 1.82) is 0 Å². The van der Waals surface area contributed by atoms with Crippen molar-refractivity contribution >= 4 is 50.7 Å². The van der Waals surface area contributed by atoms with Crippen LogP contribution in [-0.2, 0) is 26.2 Å². The number of carbonyl (C=O) groups is 2. The largest absolute Gasteiger partial charge is 0.454 e. The van der Waals surface area contributed by atoms with Gasteiger partial charge < -0.3 is 19.7 Å². The number of benzene rings is 2. The number of rotatable bonds is 11. The van der Waals surface area contributed by atoms with Crippen LogP contribution in [0, 0.1) is 0 Å². The number of hydrogen-bond donors (Lipinski definition) is 1. The van der Waals surface area contributed by atoms with Crippen molar-refractivity contribution in [2.75, 3.05) is 23.9 Å². The highest BCUT2D eigenvalue weighted by molar-refractivity contribution is 7.92. The Hall–Kier alpha value is -2.69. The summed E-state index contributed by atoms with van der Waals surface area (Å²) in [5, 5.41) is 3.59. The third-order valence-corrected chi connectivity index (χ3v) is 7.69. The van der Waals surface area contributed by atoms with E-state index >= 15 is 0 Å². The van der Waals surface area contributed by atoms with Gasteiger partial charge in [-0.25, -0.2) is 8.42 Å². The third kappa shape index (κ3) is 7.43. The molecule has 0 saturated heterocycles. The minimum absolute atomic E-state index is 0.00204. The van der Waals surface area contributed by atoms with E-state index in [0.29, 0.717) is 32.8 Å². The fourth-order valence-electron chi connectivity index (χ4n) is 3.89. The number of nitrogens with zero attached hydrogens (tertiary/aromatic N) is 2. The van der Waals surface area contributed by atoms with Crippen molar-refractivity contribution in [3.63, 3.8) is 0 Å². The molecule has 2 amide bonds. The van der Waals surface area contributed by atoms with Crippen LogP contribution in [0.4, 0.5) is 5.69 Å². The molecule has 1 atom stereocenters. The summed E-state index contributed by atoms with van der Waals surface area (Å²) in [5.74, 6) is 0.344. The summed E-state index contributed by atoms with van der Waals surface area (Å²) in [7, 11) is -3.64. The summed E-state index contributed by atoms with van der Waals surface area (Å²) in [6.45, 7) is 5.45. The topological polar surface area (TPSA) is 105 Å². The molecule has 0 fully saturated rings. The van der Waals surface area contributed by atoms with Crippen LogP contribution in [0.3, 0.4) is 0 Å². The molecular formula is C25H31Cl2N3O6S. The molecule has 1 N–H and O–H groups in total. The van der Waals surface area contributed by atoms with Gasteiger partial charge in [-0.2, -0.15) is 0 Å². The summed E-state index contributed by atoms with van der Waals surface area (Å²) < 4.78 is 36.9. The predicted molar refractivity (Wildman–Crippen MR) is 144 cm³/mol. The van der Waals surface area contributed by atoms with Gasteiger partial charge in [-0.05, 0) is 51.5 Å². The van der Waals surface area contributed by atoms with Gasteiger partial charge in [-0.1, -0.05) is 29.3 Å². The van der Waals surface area contributed by atoms with Crippen molar-refractivity contribution in [2.45, 2.75) is 52.2 Å². The molecule has 0 aliphatic carbocycles. The van der Waals surface area contributed by atoms with Gasteiger partial charge in [0.1, 0.15) is 6.04 Å². The predicted octanol–water partition coefficient (Wildman–Crippen LogP) is 4.21. The summed E-state index contributed by atoms with van der Waals surface area (Å²) in [4.78, 5) is 27.6. The van der Waals surface area contributed by atoms with Gasteiger partial charge in [0.25, 0.3) is 0 Å². The number of sulfonamides is 1. The van der Waals surface area contributed by atoms with E-state index in [1.807, 2.05) is 13.8 Å². The second kappa shape index (κ2) is 12.2. The standard InChI is InChI=1S/C25H31Cl2N3O6S/c1-16(2)28-25(32)17(3)29(14-19-20(26)7-5-8-21(19)27)24(31)9-6-12-30(37(4,33)34)18-10-11-22-23(13-18)36-15-35-22/h5,7-8,10-11,13,16-17H,6,9,12,14-15H2,1-4H3,(H,28,32). The maximum atomic E-state index is 13.4. The molecule has 202 valence electrons. The van der Waals surface area contributed by atoms with E-state index in [1.54, 1.807) is 43.3 Å². The fraction of sp³-hybridized carbons (Fsp3) is 0.440. The van der Waals surface area contributed by atoms with Gasteiger partial charge in [0.15, 0.2) is 11.5 Å². The van der Waals surface area contributed by atoms with Crippen LogP contribution in [0.15, 0.2) is 36.4 Å². The quantitative estimate of drug-likeness (QED) is 0.433. The molecule has 0 bridgehead atoms. The number of halogens is 2. The summed E-state index contributed by atoms with van der Waals surface area (Å²) in [6, 6.07) is 8.98. The van der Waals surface area contributed by atoms with Crippen molar-refractivity contribution in [3.05, 3.63) is 52.0 Å². The van der Waals surface area contributed by atoms with Gasteiger partial charge in [0.2, 0.25) is 28.6 Å². The first-order valence-corrected chi connectivity index (χ1v) is 14.4. The molecule has 0 saturated carbocycles. The Bertz CT molecular complexity index is 1230. The molecule has 0 aromatic heterocycles. The smallest absolute Gasteiger partial charge is 0.242 e. The number of ether oxygens (including phenoxy) is 2. The van der Waals surface area contributed by atoms with Crippen molar-refractivity contribution in [1.82, 2.24) is 10.2 Å². The molecule has 1 aliphatic heterocycles. The summed E-state index contributed by atoms with van der Waals surface area (Å²) in [6.07, 6.45) is 1.31. The molecule has 9 nitrogen and oxygen atoms in total. The Morgan fingerprint density at radius 3 is 2.32 bits per heavy atom. The number of nitrogens with one attached hydrogen (secondary N) is 1. The van der Waals surface area contributed by atoms with Gasteiger partial charge in [0.05, 0.1) is 11.9 Å². The van der Waals surface area contributed by atoms with Crippen molar-refractivity contribution < 1.29 is 27.5 Å². The van der Waals surface area contributed by atoms with Crippen LogP contribution >= 0.6 is 23.2 Å². The minimum Gasteiger partial charge on any atom is -0.454 e. The van der Waals surface area contributed by atoms with Crippen LogP contribution in [0.25, 0.3) is 0 Å². The van der Waals surface area contributed by atoms with Gasteiger partial charge in [0, 0.05) is 47.2 Å². The summed E-state index contributed by atoms with van der Waals surface area (Å²) in [5.41, 5.74) is 0.935. The Kier molecular flexibility index (Phi) is 9.55. The normalized spacial score (nSPS) is 13.4. The number of carbonyl (C=O) groups excluding carboxylic acids is 2. The lowest BCUT2D eigenvalue weighted by atomic mass is 10.1. The van der Waals surface area contributed by atoms with Crippen molar-refractivity contribution in [2.24, 2.45) is 0 Å². The van der Waals surface area contributed by atoms with E-state index < -0.39 is 16.1 Å². The van der Waals surface area contributed by atoms with E-state index in [-0.39, 0.29) is 50.6 Å². The molecular weight excluding hydrogens is 541 g/mol. The molecule has 1 unspecified atom stereocenters. The molecule has 37 heavy (non-hydrogen) atoms. The zero-order chi connectivity index (χ0) is 27.3.